The number of nitrogens with zero attached hydrogens (tertiary/aromatic N) is 1. The Morgan fingerprint density at radius 3 is 3.14 bits per heavy atom. The van der Waals surface area contributed by atoms with Crippen LogP contribution in [0.5, 0.6) is 0 Å². The number of anilines is 1. The molecule has 3 heteroatoms. The van der Waals surface area contributed by atoms with Gasteiger partial charge < -0.3 is 10.6 Å². The Bertz CT molecular complexity index is 348. The molecule has 3 nitrogen and oxygen atoms in total. The third kappa shape index (κ3) is 2.04. The van der Waals surface area contributed by atoms with Crippen molar-refractivity contribution < 1.29 is 0 Å². The van der Waals surface area contributed by atoms with E-state index >= 15 is 0 Å². The number of hydrogen-bond donors (Lipinski definition) is 2. The van der Waals surface area contributed by atoms with Crippen LogP contribution >= 0.6 is 0 Å². The van der Waals surface area contributed by atoms with Gasteiger partial charge >= 0.3 is 0 Å². The molecule has 1 aromatic rings. The van der Waals surface area contributed by atoms with Gasteiger partial charge in [-0.1, -0.05) is 6.07 Å². The van der Waals surface area contributed by atoms with Crippen molar-refractivity contribution in [3.8, 4) is 6.07 Å². The van der Waals surface area contributed by atoms with Crippen LogP contribution in [0.15, 0.2) is 24.3 Å². The van der Waals surface area contributed by atoms with Crippen LogP contribution in [0.1, 0.15) is 12.0 Å². The van der Waals surface area contributed by atoms with Crippen LogP contribution in [0, 0.1) is 11.3 Å². The molecule has 0 saturated carbocycles. The minimum Gasteiger partial charge on any atom is -0.381 e. The summed E-state index contributed by atoms with van der Waals surface area (Å²) in [7, 11) is 0. The zero-order valence-corrected chi connectivity index (χ0v) is 7.96. The monoisotopic (exact) mass is 187 g/mol. The van der Waals surface area contributed by atoms with Gasteiger partial charge in [-0.2, -0.15) is 5.26 Å². The van der Waals surface area contributed by atoms with Gasteiger partial charge in [-0.15, -0.1) is 0 Å². The molecule has 1 aliphatic heterocycles. The van der Waals surface area contributed by atoms with E-state index in [0.717, 1.165) is 25.2 Å². The quantitative estimate of drug-likeness (QED) is 0.734. The fraction of sp³-hybridized carbons (Fsp3) is 0.364. The Balaban J connectivity index is 2.05. The van der Waals surface area contributed by atoms with Crippen LogP contribution in [0.4, 0.5) is 5.69 Å². The molecule has 0 aromatic heterocycles. The van der Waals surface area contributed by atoms with Crippen LogP contribution in [0.2, 0.25) is 0 Å². The standard InChI is InChI=1S/C11H13N3/c12-7-9-2-1-3-10(6-9)14-11-4-5-13-8-11/h1-3,6,11,13-14H,4-5,8H2/t11-/m0/s1. The molecular formula is C11H13N3. The summed E-state index contributed by atoms with van der Waals surface area (Å²) in [5.74, 6) is 0. The van der Waals surface area contributed by atoms with E-state index < -0.39 is 0 Å². The van der Waals surface area contributed by atoms with E-state index in [2.05, 4.69) is 16.7 Å². The van der Waals surface area contributed by atoms with Gasteiger partial charge in [0.15, 0.2) is 0 Å². The fourth-order valence-electron chi connectivity index (χ4n) is 1.69. The number of nitriles is 1. The third-order valence-electron chi connectivity index (χ3n) is 2.42. The van der Waals surface area contributed by atoms with Gasteiger partial charge in [0, 0.05) is 18.3 Å². The molecule has 0 unspecified atom stereocenters. The van der Waals surface area contributed by atoms with Crippen LogP contribution in [0.3, 0.4) is 0 Å². The number of benzene rings is 1. The highest BCUT2D eigenvalue weighted by molar-refractivity contribution is 5.49. The summed E-state index contributed by atoms with van der Waals surface area (Å²) in [4.78, 5) is 0. The molecule has 1 heterocycles. The zero-order chi connectivity index (χ0) is 9.80. The van der Waals surface area contributed by atoms with E-state index in [1.807, 2.05) is 24.3 Å². The van der Waals surface area contributed by atoms with Gasteiger partial charge in [-0.3, -0.25) is 0 Å². The Kier molecular flexibility index (Phi) is 2.66. The molecule has 1 atom stereocenters. The van der Waals surface area contributed by atoms with Gasteiger partial charge in [0.2, 0.25) is 0 Å². The molecule has 2 N–H and O–H groups in total. The average molecular weight is 187 g/mol. The summed E-state index contributed by atoms with van der Waals surface area (Å²) in [6.45, 7) is 2.09. The molecule has 14 heavy (non-hydrogen) atoms. The molecule has 2 rings (SSSR count). The van der Waals surface area contributed by atoms with Crippen LogP contribution in [-0.2, 0) is 0 Å². The minimum atomic E-state index is 0.504. The first-order valence-electron chi connectivity index (χ1n) is 4.86. The topological polar surface area (TPSA) is 47.9 Å². The van der Waals surface area contributed by atoms with Gasteiger partial charge in [-0.25, -0.2) is 0 Å². The minimum absolute atomic E-state index is 0.504. The Morgan fingerprint density at radius 1 is 1.50 bits per heavy atom. The first-order chi connectivity index (χ1) is 6.88. The molecule has 0 spiro atoms. The van der Waals surface area contributed by atoms with Crippen molar-refractivity contribution in [1.29, 1.82) is 5.26 Å². The van der Waals surface area contributed by atoms with Crippen LogP contribution in [0.25, 0.3) is 0 Å². The summed E-state index contributed by atoms with van der Waals surface area (Å²) < 4.78 is 0. The number of rotatable bonds is 2. The maximum atomic E-state index is 8.73. The van der Waals surface area contributed by atoms with Gasteiger partial charge in [-0.05, 0) is 31.2 Å². The summed E-state index contributed by atoms with van der Waals surface area (Å²) >= 11 is 0. The first-order valence-corrected chi connectivity index (χ1v) is 4.86. The second kappa shape index (κ2) is 4.12. The zero-order valence-electron chi connectivity index (χ0n) is 7.96. The molecule has 1 saturated heterocycles. The summed E-state index contributed by atoms with van der Waals surface area (Å²) in [6.07, 6.45) is 1.15. The highest BCUT2D eigenvalue weighted by Gasteiger charge is 2.13. The molecule has 0 amide bonds. The van der Waals surface area contributed by atoms with E-state index in [-0.39, 0.29) is 0 Å². The van der Waals surface area contributed by atoms with Crippen LogP contribution < -0.4 is 10.6 Å². The van der Waals surface area contributed by atoms with E-state index in [1.54, 1.807) is 0 Å². The SMILES string of the molecule is N#Cc1cccc(N[C@H]2CCNC2)c1. The average Bonchev–Trinajstić information content (AvgIpc) is 2.71. The van der Waals surface area contributed by atoms with Gasteiger partial charge in [0.25, 0.3) is 0 Å². The molecule has 72 valence electrons. The van der Waals surface area contributed by atoms with Gasteiger partial charge in [0.1, 0.15) is 0 Å². The molecule has 1 fully saturated rings. The predicted octanol–water partition coefficient (Wildman–Crippen LogP) is 1.33. The lowest BCUT2D eigenvalue weighted by Crippen LogP contribution is -2.21. The van der Waals surface area contributed by atoms with Crippen molar-refractivity contribution in [2.75, 3.05) is 18.4 Å². The molecule has 0 radical (unpaired) electrons. The van der Waals surface area contributed by atoms with Gasteiger partial charge in [0.05, 0.1) is 11.6 Å². The van der Waals surface area contributed by atoms with Crippen molar-refractivity contribution >= 4 is 5.69 Å². The van der Waals surface area contributed by atoms with E-state index in [9.17, 15) is 0 Å². The first kappa shape index (κ1) is 9.04. The van der Waals surface area contributed by atoms with E-state index in [4.69, 9.17) is 5.26 Å². The Labute approximate surface area is 83.7 Å². The maximum Gasteiger partial charge on any atom is 0.0992 e. The van der Waals surface area contributed by atoms with Crippen molar-refractivity contribution in [2.45, 2.75) is 12.5 Å². The van der Waals surface area contributed by atoms with Crippen molar-refractivity contribution in [3.05, 3.63) is 29.8 Å². The smallest absolute Gasteiger partial charge is 0.0992 e. The van der Waals surface area contributed by atoms with Crippen molar-refractivity contribution in [1.82, 2.24) is 5.32 Å². The molecule has 0 bridgehead atoms. The fourth-order valence-corrected chi connectivity index (χ4v) is 1.69. The second-order valence-corrected chi connectivity index (χ2v) is 3.53. The third-order valence-corrected chi connectivity index (χ3v) is 2.42. The number of hydrogen-bond acceptors (Lipinski definition) is 3. The lowest BCUT2D eigenvalue weighted by molar-refractivity contribution is 0.793. The summed E-state index contributed by atoms with van der Waals surface area (Å²) in [5.41, 5.74) is 1.75. The Hall–Kier alpha value is -1.53. The lowest BCUT2D eigenvalue weighted by atomic mass is 10.2. The predicted molar refractivity (Wildman–Crippen MR) is 56.1 cm³/mol. The Morgan fingerprint density at radius 2 is 2.43 bits per heavy atom. The van der Waals surface area contributed by atoms with Crippen LogP contribution in [-0.4, -0.2) is 19.1 Å². The molecule has 1 aromatic carbocycles. The summed E-state index contributed by atoms with van der Waals surface area (Å²) in [6, 6.07) is 10.3. The van der Waals surface area contributed by atoms with Crippen molar-refractivity contribution in [2.24, 2.45) is 0 Å². The molecule has 1 aliphatic rings. The normalized spacial score (nSPS) is 20.4. The van der Waals surface area contributed by atoms with E-state index in [0.29, 0.717) is 11.6 Å². The highest BCUT2D eigenvalue weighted by atomic mass is 15.0. The largest absolute Gasteiger partial charge is 0.381 e. The van der Waals surface area contributed by atoms with E-state index in [1.165, 1.54) is 0 Å². The summed E-state index contributed by atoms with van der Waals surface area (Å²) in [5, 5.41) is 15.4. The lowest BCUT2D eigenvalue weighted by Gasteiger charge is -2.12. The molecule has 0 aliphatic carbocycles. The second-order valence-electron chi connectivity index (χ2n) is 3.53. The molecular weight excluding hydrogens is 174 g/mol. The maximum absolute atomic E-state index is 8.73. The number of nitrogens with one attached hydrogen (secondary N) is 2. The van der Waals surface area contributed by atoms with Crippen molar-refractivity contribution in [3.63, 3.8) is 0 Å². The highest BCUT2D eigenvalue weighted by Crippen LogP contribution is 2.13.